The topological polar surface area (TPSA) is 168 Å². The van der Waals surface area contributed by atoms with Crippen molar-refractivity contribution in [3.63, 3.8) is 0 Å². The summed E-state index contributed by atoms with van der Waals surface area (Å²) in [5, 5.41) is 27.5. The van der Waals surface area contributed by atoms with Crippen molar-refractivity contribution in [2.75, 3.05) is 17.3 Å². The number of hydrogen-bond donors (Lipinski definition) is 2. The standard InChI is InChI=1S/C26H25ClN10O3/c1-36-14-20(27)23(35-36)22-16(9-28)11-30-24(34-22)33-18-4-6-19(7-5-18)37(26(38)39)21-8-3-15(10-29-21)17-12-31-25(40-2)32-13-17/h3,8,10-14,18-19H,4-7H2,1-2H3,(H,38,39)(H,30,33,34). The van der Waals surface area contributed by atoms with Crippen molar-refractivity contribution in [1.82, 2.24) is 34.7 Å². The van der Waals surface area contributed by atoms with E-state index in [0.717, 1.165) is 11.1 Å². The van der Waals surface area contributed by atoms with E-state index >= 15 is 0 Å². The predicted molar refractivity (Wildman–Crippen MR) is 146 cm³/mol. The first-order chi connectivity index (χ1) is 19.4. The lowest BCUT2D eigenvalue weighted by Gasteiger charge is -2.35. The minimum Gasteiger partial charge on any atom is -0.467 e. The summed E-state index contributed by atoms with van der Waals surface area (Å²) in [4.78, 5) is 35.0. The number of carbonyl (C=O) groups is 1. The molecular weight excluding hydrogens is 536 g/mol. The molecular formula is C26H25ClN10O3. The molecule has 204 valence electrons. The van der Waals surface area contributed by atoms with Gasteiger partial charge in [-0.15, -0.1) is 0 Å². The molecule has 1 saturated carbocycles. The quantitative estimate of drug-likeness (QED) is 0.332. The second-order valence-electron chi connectivity index (χ2n) is 9.23. The lowest BCUT2D eigenvalue weighted by atomic mass is 9.90. The van der Waals surface area contributed by atoms with Gasteiger partial charge in [0, 0.05) is 55.0 Å². The van der Waals surface area contributed by atoms with Crippen molar-refractivity contribution >= 4 is 29.5 Å². The van der Waals surface area contributed by atoms with Crippen molar-refractivity contribution in [2.24, 2.45) is 7.05 Å². The maximum Gasteiger partial charge on any atom is 0.413 e. The fraction of sp³-hybridized carbons (Fsp3) is 0.308. The Bertz CT molecular complexity index is 1540. The molecule has 1 aliphatic rings. The molecule has 13 nitrogen and oxygen atoms in total. The smallest absolute Gasteiger partial charge is 0.413 e. The predicted octanol–water partition coefficient (Wildman–Crippen LogP) is 4.17. The van der Waals surface area contributed by atoms with E-state index in [-0.39, 0.29) is 23.7 Å². The molecule has 0 spiro atoms. The molecule has 0 bridgehead atoms. The van der Waals surface area contributed by atoms with Gasteiger partial charge in [-0.3, -0.25) is 9.58 Å². The van der Waals surface area contributed by atoms with Gasteiger partial charge in [0.1, 0.15) is 23.3 Å². The Kier molecular flexibility index (Phi) is 7.70. The summed E-state index contributed by atoms with van der Waals surface area (Å²) >= 11 is 6.28. The van der Waals surface area contributed by atoms with Crippen molar-refractivity contribution in [3.05, 3.63) is 53.7 Å². The summed E-state index contributed by atoms with van der Waals surface area (Å²) < 4.78 is 6.54. The molecule has 1 aliphatic carbocycles. The summed E-state index contributed by atoms with van der Waals surface area (Å²) in [5.74, 6) is 0.712. The number of amides is 1. The van der Waals surface area contributed by atoms with Crippen molar-refractivity contribution in [2.45, 2.75) is 37.8 Å². The molecule has 0 unspecified atom stereocenters. The number of nitrogens with one attached hydrogen (secondary N) is 1. The number of anilines is 2. The molecule has 1 fully saturated rings. The summed E-state index contributed by atoms with van der Waals surface area (Å²) in [6.07, 6.45) is 9.50. The van der Waals surface area contributed by atoms with Crippen LogP contribution in [0.2, 0.25) is 5.02 Å². The number of ether oxygens (including phenoxy) is 1. The number of halogens is 1. The monoisotopic (exact) mass is 560 g/mol. The molecule has 4 aromatic heterocycles. The molecule has 0 atom stereocenters. The van der Waals surface area contributed by atoms with Gasteiger partial charge in [0.15, 0.2) is 0 Å². The highest BCUT2D eigenvalue weighted by atomic mass is 35.5. The van der Waals surface area contributed by atoms with Gasteiger partial charge in [-0.2, -0.15) is 10.4 Å². The van der Waals surface area contributed by atoms with Crippen molar-refractivity contribution in [1.29, 1.82) is 5.26 Å². The van der Waals surface area contributed by atoms with Crippen LogP contribution in [0.15, 0.2) is 43.1 Å². The van der Waals surface area contributed by atoms with E-state index in [2.05, 4.69) is 41.4 Å². The first-order valence-corrected chi connectivity index (χ1v) is 12.8. The van der Waals surface area contributed by atoms with Gasteiger partial charge >= 0.3 is 12.1 Å². The Morgan fingerprint density at radius 2 is 1.82 bits per heavy atom. The zero-order valence-electron chi connectivity index (χ0n) is 21.7. The average Bonchev–Trinajstić information content (AvgIpc) is 3.31. The van der Waals surface area contributed by atoms with E-state index in [9.17, 15) is 15.2 Å². The van der Waals surface area contributed by atoms with Gasteiger partial charge in [0.25, 0.3) is 0 Å². The van der Waals surface area contributed by atoms with Crippen LogP contribution in [0.5, 0.6) is 6.01 Å². The molecule has 4 heterocycles. The average molecular weight is 561 g/mol. The van der Waals surface area contributed by atoms with Gasteiger partial charge in [-0.1, -0.05) is 11.6 Å². The second-order valence-corrected chi connectivity index (χ2v) is 9.64. The van der Waals surface area contributed by atoms with Crippen LogP contribution < -0.4 is 15.0 Å². The second kappa shape index (κ2) is 11.5. The molecule has 4 aromatic rings. The van der Waals surface area contributed by atoms with Crippen molar-refractivity contribution in [3.8, 4) is 34.6 Å². The fourth-order valence-electron chi connectivity index (χ4n) is 4.71. The number of nitrogens with zero attached hydrogens (tertiary/aromatic N) is 9. The van der Waals surface area contributed by atoms with Gasteiger partial charge in [-0.05, 0) is 37.8 Å². The Morgan fingerprint density at radius 3 is 2.40 bits per heavy atom. The largest absolute Gasteiger partial charge is 0.467 e. The van der Waals surface area contributed by atoms with Crippen LogP contribution >= 0.6 is 11.6 Å². The van der Waals surface area contributed by atoms with Crippen LogP contribution in [0.25, 0.3) is 22.5 Å². The number of carboxylic acid groups (broad SMARTS) is 1. The molecule has 0 aliphatic heterocycles. The lowest BCUT2D eigenvalue weighted by Crippen LogP contribution is -2.44. The maximum atomic E-state index is 12.2. The van der Waals surface area contributed by atoms with Crippen LogP contribution in [0.1, 0.15) is 31.2 Å². The normalized spacial score (nSPS) is 16.6. The number of pyridine rings is 1. The lowest BCUT2D eigenvalue weighted by molar-refractivity contribution is 0.195. The molecule has 0 radical (unpaired) electrons. The minimum atomic E-state index is -1.06. The van der Waals surface area contributed by atoms with E-state index < -0.39 is 6.09 Å². The van der Waals surface area contributed by atoms with Crippen LogP contribution in [-0.4, -0.2) is 65.1 Å². The molecule has 2 N–H and O–H groups in total. The van der Waals surface area contributed by atoms with Crippen LogP contribution in [0, 0.1) is 11.3 Å². The Labute approximate surface area is 234 Å². The van der Waals surface area contributed by atoms with Gasteiger partial charge in [0.05, 0.1) is 23.9 Å². The molecule has 14 heteroatoms. The number of aromatic nitrogens is 7. The number of methoxy groups -OCH3 is 1. The van der Waals surface area contributed by atoms with Crippen LogP contribution in [0.4, 0.5) is 16.6 Å². The Morgan fingerprint density at radius 1 is 1.10 bits per heavy atom. The van der Waals surface area contributed by atoms with Gasteiger partial charge in [-0.25, -0.2) is 29.7 Å². The molecule has 40 heavy (non-hydrogen) atoms. The molecule has 0 aromatic carbocycles. The van der Waals surface area contributed by atoms with E-state index in [1.54, 1.807) is 48.6 Å². The Balaban J connectivity index is 1.25. The number of rotatable bonds is 7. The third-order valence-electron chi connectivity index (χ3n) is 6.66. The first kappa shape index (κ1) is 26.8. The van der Waals surface area contributed by atoms with Crippen LogP contribution in [0.3, 0.4) is 0 Å². The van der Waals surface area contributed by atoms with E-state index in [1.807, 2.05) is 0 Å². The number of nitriles is 1. The molecule has 5 rings (SSSR count). The molecule has 1 amide bonds. The van der Waals surface area contributed by atoms with Gasteiger partial charge < -0.3 is 15.2 Å². The maximum absolute atomic E-state index is 12.2. The number of aryl methyl sites for hydroxylation is 1. The number of hydrogen-bond acceptors (Lipinski definition) is 10. The van der Waals surface area contributed by atoms with Crippen molar-refractivity contribution < 1.29 is 14.6 Å². The zero-order chi connectivity index (χ0) is 28.2. The summed E-state index contributed by atoms with van der Waals surface area (Å²) in [5.41, 5.74) is 2.53. The fourth-order valence-corrected chi connectivity index (χ4v) is 4.97. The summed E-state index contributed by atoms with van der Waals surface area (Å²) in [6, 6.07) is 5.62. The highest BCUT2D eigenvalue weighted by Gasteiger charge is 2.31. The minimum absolute atomic E-state index is 0.0253. The third kappa shape index (κ3) is 5.62. The van der Waals surface area contributed by atoms with Crippen LogP contribution in [-0.2, 0) is 7.05 Å². The van der Waals surface area contributed by atoms with Gasteiger partial charge in [0.2, 0.25) is 5.95 Å². The van der Waals surface area contributed by atoms with E-state index in [1.165, 1.54) is 18.2 Å². The highest BCUT2D eigenvalue weighted by molar-refractivity contribution is 6.33. The first-order valence-electron chi connectivity index (χ1n) is 12.4. The van der Waals surface area contributed by atoms with E-state index in [0.29, 0.717) is 53.9 Å². The summed E-state index contributed by atoms with van der Waals surface area (Å²) in [6.45, 7) is 0. The third-order valence-corrected chi connectivity index (χ3v) is 6.93. The highest BCUT2D eigenvalue weighted by Crippen LogP contribution is 2.31. The van der Waals surface area contributed by atoms with E-state index in [4.69, 9.17) is 16.3 Å². The zero-order valence-corrected chi connectivity index (χ0v) is 22.4. The Hall–Kier alpha value is -4.83. The SMILES string of the molecule is COc1ncc(-c2ccc(N(C(=O)O)C3CCC(Nc4ncc(C#N)c(-c5nn(C)cc5Cl)n4)CC3)nc2)cn1. The molecule has 0 saturated heterocycles. The summed E-state index contributed by atoms with van der Waals surface area (Å²) in [7, 11) is 3.23.